The summed E-state index contributed by atoms with van der Waals surface area (Å²) in [7, 11) is 0. The van der Waals surface area contributed by atoms with E-state index in [-0.39, 0.29) is 12.1 Å². The molecule has 0 saturated carbocycles. The average molecular weight is 472 g/mol. The fourth-order valence-corrected chi connectivity index (χ4v) is 5.24. The van der Waals surface area contributed by atoms with Gasteiger partial charge in [-0.1, -0.05) is 62.0 Å². The molecule has 0 amide bonds. The number of pyridine rings is 1. The summed E-state index contributed by atoms with van der Waals surface area (Å²) in [6, 6.07) is 28.6. The maximum atomic E-state index is 6.38. The van der Waals surface area contributed by atoms with Gasteiger partial charge in [-0.25, -0.2) is 0 Å². The molecule has 4 nitrogen and oxygen atoms in total. The molecule has 0 unspecified atom stereocenters. The van der Waals surface area contributed by atoms with Gasteiger partial charge in [0.15, 0.2) is 10.2 Å². The van der Waals surface area contributed by atoms with Gasteiger partial charge < -0.3 is 14.6 Å². The number of benzene rings is 2. The van der Waals surface area contributed by atoms with Crippen LogP contribution in [-0.4, -0.2) is 10.1 Å². The zero-order valence-electron chi connectivity index (χ0n) is 18.5. The monoisotopic (exact) mass is 471 g/mol. The molecule has 0 radical (unpaired) electrons. The molecule has 166 valence electrons. The number of furan rings is 1. The molecule has 2 aromatic carbocycles. The van der Waals surface area contributed by atoms with E-state index in [1.807, 2.05) is 48.7 Å². The van der Waals surface area contributed by atoms with Gasteiger partial charge in [-0.15, -0.1) is 0 Å². The fraction of sp³-hybridized carbons (Fsp3) is 0.185. The Bertz CT molecular complexity index is 1220. The van der Waals surface area contributed by atoms with Gasteiger partial charge in [-0.05, 0) is 72.2 Å². The standard InChI is InChI=1S/C27H25N3OS2/c1-18(2)19-11-13-20(14-12-19)30-26(25(29-27(30)32)22-10-6-7-17-28-22)23-15-16-24(31-23)33-21-8-4-3-5-9-21/h3-18,25-26H,1-2H3,(H,29,32)/t25-,26-/m1/s1. The smallest absolute Gasteiger partial charge is 0.174 e. The first kappa shape index (κ1) is 21.7. The van der Waals surface area contributed by atoms with Crippen LogP contribution in [0.4, 0.5) is 5.69 Å². The van der Waals surface area contributed by atoms with E-state index in [4.69, 9.17) is 16.6 Å². The third kappa shape index (κ3) is 4.54. The Balaban J connectivity index is 1.52. The van der Waals surface area contributed by atoms with Gasteiger partial charge >= 0.3 is 0 Å². The molecule has 1 aliphatic heterocycles. The number of thiocarbonyl (C=S) groups is 1. The quantitative estimate of drug-likeness (QED) is 0.302. The van der Waals surface area contributed by atoms with Crippen LogP contribution in [0.15, 0.2) is 106 Å². The van der Waals surface area contributed by atoms with E-state index in [9.17, 15) is 0 Å². The van der Waals surface area contributed by atoms with Gasteiger partial charge in [-0.3, -0.25) is 4.98 Å². The minimum absolute atomic E-state index is 0.121. The number of aromatic nitrogens is 1. The van der Waals surface area contributed by atoms with Gasteiger partial charge in [0.1, 0.15) is 11.8 Å². The summed E-state index contributed by atoms with van der Waals surface area (Å²) in [5.41, 5.74) is 3.27. The lowest BCUT2D eigenvalue weighted by Gasteiger charge is -2.26. The lowest BCUT2D eigenvalue weighted by atomic mass is 10.0. The molecule has 0 spiro atoms. The van der Waals surface area contributed by atoms with E-state index in [1.165, 1.54) is 5.56 Å². The molecular weight excluding hydrogens is 446 g/mol. The maximum absolute atomic E-state index is 6.38. The SMILES string of the molecule is CC(C)c1ccc(N2C(=S)N[C@H](c3ccccn3)[C@H]2c2ccc(Sc3ccccc3)o2)cc1. The van der Waals surface area contributed by atoms with Crippen molar-refractivity contribution in [3.63, 3.8) is 0 Å². The first-order valence-electron chi connectivity index (χ1n) is 11.0. The van der Waals surface area contributed by atoms with Gasteiger partial charge in [0.05, 0.1) is 11.7 Å². The highest BCUT2D eigenvalue weighted by molar-refractivity contribution is 7.99. The molecule has 0 aliphatic carbocycles. The molecule has 0 bridgehead atoms. The molecule has 33 heavy (non-hydrogen) atoms. The fourth-order valence-electron chi connectivity index (χ4n) is 4.09. The van der Waals surface area contributed by atoms with Crippen molar-refractivity contribution in [3.05, 3.63) is 108 Å². The zero-order valence-corrected chi connectivity index (χ0v) is 20.1. The van der Waals surface area contributed by atoms with Crippen LogP contribution in [0.3, 0.4) is 0 Å². The molecule has 2 aromatic heterocycles. The van der Waals surface area contributed by atoms with Gasteiger partial charge in [0.25, 0.3) is 0 Å². The van der Waals surface area contributed by atoms with Crippen LogP contribution in [0, 0.1) is 0 Å². The molecule has 5 rings (SSSR count). The summed E-state index contributed by atoms with van der Waals surface area (Å²) in [5, 5.41) is 5.01. The van der Waals surface area contributed by atoms with Crippen molar-refractivity contribution in [2.45, 2.75) is 41.8 Å². The summed E-state index contributed by atoms with van der Waals surface area (Å²) in [6.45, 7) is 4.40. The van der Waals surface area contributed by atoms with E-state index < -0.39 is 0 Å². The van der Waals surface area contributed by atoms with E-state index in [0.717, 1.165) is 27.1 Å². The Morgan fingerprint density at radius 3 is 2.39 bits per heavy atom. The van der Waals surface area contributed by atoms with Crippen molar-refractivity contribution in [2.75, 3.05) is 4.90 Å². The summed E-state index contributed by atoms with van der Waals surface area (Å²) in [5.74, 6) is 1.33. The summed E-state index contributed by atoms with van der Waals surface area (Å²) in [6.07, 6.45) is 1.82. The third-order valence-electron chi connectivity index (χ3n) is 5.79. The number of nitrogens with one attached hydrogen (secondary N) is 1. The van der Waals surface area contributed by atoms with Crippen LogP contribution in [0.1, 0.15) is 48.9 Å². The minimum atomic E-state index is -0.151. The molecule has 1 N–H and O–H groups in total. The largest absolute Gasteiger partial charge is 0.452 e. The Morgan fingerprint density at radius 2 is 1.70 bits per heavy atom. The van der Waals surface area contributed by atoms with Crippen molar-refractivity contribution in [1.29, 1.82) is 0 Å². The van der Waals surface area contributed by atoms with Crippen LogP contribution < -0.4 is 10.2 Å². The Labute approximate surface area is 204 Å². The van der Waals surface area contributed by atoms with Gasteiger partial charge in [-0.2, -0.15) is 0 Å². The number of rotatable bonds is 6. The third-order valence-corrected chi connectivity index (χ3v) is 7.03. The highest BCUT2D eigenvalue weighted by Crippen LogP contribution is 2.43. The lowest BCUT2D eigenvalue weighted by Crippen LogP contribution is -2.29. The number of nitrogens with zero attached hydrogens (tertiary/aromatic N) is 2. The highest BCUT2D eigenvalue weighted by Gasteiger charge is 2.42. The number of hydrogen-bond donors (Lipinski definition) is 1. The van der Waals surface area contributed by atoms with Gasteiger partial charge in [0.2, 0.25) is 0 Å². The number of hydrogen-bond acceptors (Lipinski definition) is 4. The van der Waals surface area contributed by atoms with Crippen LogP contribution in [0.5, 0.6) is 0 Å². The van der Waals surface area contributed by atoms with Crippen LogP contribution in [0.2, 0.25) is 0 Å². The van der Waals surface area contributed by atoms with Crippen molar-refractivity contribution in [3.8, 4) is 0 Å². The molecule has 4 aromatic rings. The predicted octanol–water partition coefficient (Wildman–Crippen LogP) is 7.13. The second kappa shape index (κ2) is 9.41. The zero-order chi connectivity index (χ0) is 22.8. The molecule has 1 fully saturated rings. The molecule has 3 heterocycles. The maximum Gasteiger partial charge on any atom is 0.174 e. The van der Waals surface area contributed by atoms with E-state index >= 15 is 0 Å². The molecule has 6 heteroatoms. The predicted molar refractivity (Wildman–Crippen MR) is 138 cm³/mol. The second-order valence-electron chi connectivity index (χ2n) is 8.31. The summed E-state index contributed by atoms with van der Waals surface area (Å²) < 4.78 is 6.38. The topological polar surface area (TPSA) is 41.3 Å². The molecule has 1 saturated heterocycles. The molecule has 1 aliphatic rings. The first-order valence-corrected chi connectivity index (χ1v) is 12.3. The summed E-state index contributed by atoms with van der Waals surface area (Å²) in [4.78, 5) is 7.90. The Kier molecular flexibility index (Phi) is 6.20. The summed E-state index contributed by atoms with van der Waals surface area (Å²) >= 11 is 7.43. The minimum Gasteiger partial charge on any atom is -0.452 e. The normalized spacial score (nSPS) is 18.0. The van der Waals surface area contributed by atoms with Crippen molar-refractivity contribution < 1.29 is 4.42 Å². The van der Waals surface area contributed by atoms with E-state index in [0.29, 0.717) is 11.0 Å². The first-order chi connectivity index (χ1) is 16.1. The Hall–Kier alpha value is -3.09. The number of anilines is 1. The molecule has 2 atom stereocenters. The van der Waals surface area contributed by atoms with Crippen molar-refractivity contribution in [1.82, 2.24) is 10.3 Å². The van der Waals surface area contributed by atoms with Crippen LogP contribution in [-0.2, 0) is 0 Å². The van der Waals surface area contributed by atoms with Crippen molar-refractivity contribution >= 4 is 34.8 Å². The average Bonchev–Trinajstić information content (AvgIpc) is 3.44. The Morgan fingerprint density at radius 1 is 0.939 bits per heavy atom. The van der Waals surface area contributed by atoms with E-state index in [2.05, 4.69) is 71.5 Å². The second-order valence-corrected chi connectivity index (χ2v) is 9.78. The van der Waals surface area contributed by atoms with Crippen LogP contribution >= 0.6 is 24.0 Å². The van der Waals surface area contributed by atoms with Crippen molar-refractivity contribution in [2.24, 2.45) is 0 Å². The van der Waals surface area contributed by atoms with Gasteiger partial charge in [0, 0.05) is 16.8 Å². The van der Waals surface area contributed by atoms with Crippen LogP contribution in [0.25, 0.3) is 0 Å². The lowest BCUT2D eigenvalue weighted by molar-refractivity contribution is 0.383. The highest BCUT2D eigenvalue weighted by atomic mass is 32.2. The van der Waals surface area contributed by atoms with E-state index in [1.54, 1.807) is 11.8 Å². The molecular formula is C27H25N3OS2.